The molecule has 6 fully saturated rings. The van der Waals surface area contributed by atoms with E-state index in [1.807, 2.05) is 72.8 Å². The topological polar surface area (TPSA) is 75.6 Å². The third-order valence-corrected chi connectivity index (χ3v) is 17.8. The Labute approximate surface area is 325 Å². The third kappa shape index (κ3) is 7.11. The zero-order valence-electron chi connectivity index (χ0n) is 32.0. The molecule has 4 aromatic rings. The summed E-state index contributed by atoms with van der Waals surface area (Å²) in [7, 11) is -3.05. The minimum atomic E-state index is -3.05. The van der Waals surface area contributed by atoms with Crippen molar-refractivity contribution in [3.63, 3.8) is 0 Å². The molecule has 9 heteroatoms. The van der Waals surface area contributed by atoms with Crippen molar-refractivity contribution in [2.75, 3.05) is 6.61 Å². The van der Waals surface area contributed by atoms with E-state index in [9.17, 15) is 5.11 Å². The average Bonchev–Trinajstić information content (AvgIpc) is 3.17. The van der Waals surface area contributed by atoms with Crippen LogP contribution in [0.25, 0.3) is 0 Å². The van der Waals surface area contributed by atoms with Gasteiger partial charge in [-0.2, -0.15) is 0 Å². The highest BCUT2D eigenvalue weighted by atomic mass is 28.4. The summed E-state index contributed by atoms with van der Waals surface area (Å²) in [5.41, 5.74) is 1.21. The Bertz CT molecular complexity index is 1850. The Morgan fingerprint density at radius 3 is 1.93 bits per heavy atom. The van der Waals surface area contributed by atoms with E-state index in [1.165, 1.54) is 25.3 Å². The molecule has 0 radical (unpaired) electrons. The highest BCUT2D eigenvalue weighted by Gasteiger charge is 2.57. The van der Waals surface area contributed by atoms with Crippen LogP contribution in [-0.2, 0) is 30.3 Å². The molecule has 4 aliphatic carbocycles. The Balaban J connectivity index is 0.973. The van der Waals surface area contributed by atoms with Gasteiger partial charge < -0.3 is 33.2 Å². The first kappa shape index (κ1) is 37.2. The molecule has 0 amide bonds. The quantitative estimate of drug-likeness (QED) is 0.165. The number of aliphatic hydroxyl groups excluding tert-OH is 1. The number of halogens is 1. The van der Waals surface area contributed by atoms with E-state index in [-0.39, 0.29) is 29.6 Å². The standard InChI is InChI=1S/C46H53FO7Si/c1-45(2,3)55(35-15-9-5-10-16-35,36-17-11-6-12-18-36)54-38-20-19-30(24-37(38)47)28-49-42-40(48)44(53-46-25-31-21-32(26-46)23-33(22-31)27-46)51-39-29-50-43(52-41(39)42)34-13-7-4-8-14-34/h4-20,24,31-33,39-44,48H,21-23,25-29H2,1-3H3/t31?,32?,33?,39-,40+,41-,42-,43?,44+,46?/m1/s1. The molecule has 1 N–H and O–H groups in total. The van der Waals surface area contributed by atoms with E-state index >= 15 is 4.39 Å². The van der Waals surface area contributed by atoms with Crippen LogP contribution < -0.4 is 14.8 Å². The van der Waals surface area contributed by atoms with Crippen LogP contribution in [-0.4, -0.2) is 56.3 Å². The molecule has 290 valence electrons. The van der Waals surface area contributed by atoms with Gasteiger partial charge in [0.25, 0.3) is 0 Å². The molecule has 6 aliphatic rings. The second-order valence-electron chi connectivity index (χ2n) is 17.7. The van der Waals surface area contributed by atoms with E-state index < -0.39 is 51.1 Å². The molecule has 4 aromatic carbocycles. The fraction of sp³-hybridized carbons (Fsp3) is 0.478. The van der Waals surface area contributed by atoms with Crippen LogP contribution in [0.5, 0.6) is 5.75 Å². The van der Waals surface area contributed by atoms with E-state index in [0.717, 1.165) is 35.2 Å². The Kier molecular flexibility index (Phi) is 10.0. The minimum absolute atomic E-state index is 0.0473. The van der Waals surface area contributed by atoms with Crippen molar-refractivity contribution in [3.8, 4) is 5.75 Å². The van der Waals surface area contributed by atoms with E-state index in [1.54, 1.807) is 6.07 Å². The maximum atomic E-state index is 16.3. The fourth-order valence-corrected chi connectivity index (χ4v) is 15.2. The van der Waals surface area contributed by atoms with Crippen LogP contribution in [0.1, 0.15) is 76.7 Å². The zero-order valence-corrected chi connectivity index (χ0v) is 33.0. The summed E-state index contributed by atoms with van der Waals surface area (Å²) >= 11 is 0. The van der Waals surface area contributed by atoms with Crippen LogP contribution in [0.3, 0.4) is 0 Å². The zero-order chi connectivity index (χ0) is 37.8. The summed E-state index contributed by atoms with van der Waals surface area (Å²) in [5.74, 6) is 1.77. The van der Waals surface area contributed by atoms with Crippen molar-refractivity contribution < 1.29 is 37.6 Å². The monoisotopic (exact) mass is 764 g/mol. The summed E-state index contributed by atoms with van der Waals surface area (Å²) in [4.78, 5) is 0. The first-order valence-electron chi connectivity index (χ1n) is 20.1. The number of aliphatic hydroxyl groups is 1. The van der Waals surface area contributed by atoms with Crippen molar-refractivity contribution in [2.24, 2.45) is 17.8 Å². The molecule has 10 rings (SSSR count). The van der Waals surface area contributed by atoms with Crippen LogP contribution >= 0.6 is 0 Å². The largest absolute Gasteiger partial charge is 0.532 e. The second-order valence-corrected chi connectivity index (χ2v) is 22.0. The molecule has 1 unspecified atom stereocenters. The van der Waals surface area contributed by atoms with Gasteiger partial charge in [-0.3, -0.25) is 0 Å². The Morgan fingerprint density at radius 1 is 0.782 bits per heavy atom. The predicted molar refractivity (Wildman–Crippen MR) is 210 cm³/mol. The van der Waals surface area contributed by atoms with Gasteiger partial charge in [0.2, 0.25) is 0 Å². The van der Waals surface area contributed by atoms with Gasteiger partial charge in [-0.15, -0.1) is 0 Å². The van der Waals surface area contributed by atoms with Gasteiger partial charge in [0.15, 0.2) is 18.4 Å². The lowest BCUT2D eigenvalue weighted by Crippen LogP contribution is -2.68. The molecule has 2 heterocycles. The van der Waals surface area contributed by atoms with Gasteiger partial charge in [-0.1, -0.05) is 118 Å². The molecular formula is C46H53FO7Si. The molecule has 55 heavy (non-hydrogen) atoms. The van der Waals surface area contributed by atoms with E-state index in [0.29, 0.717) is 23.3 Å². The lowest BCUT2D eigenvalue weighted by molar-refractivity contribution is -0.385. The number of rotatable bonds is 10. The highest BCUT2D eigenvalue weighted by Crippen LogP contribution is 2.58. The van der Waals surface area contributed by atoms with Gasteiger partial charge in [0.1, 0.15) is 30.2 Å². The summed E-state index contributed by atoms with van der Waals surface area (Å²) < 4.78 is 56.0. The molecule has 0 spiro atoms. The normalized spacial score (nSPS) is 32.9. The molecule has 4 saturated carbocycles. The first-order valence-corrected chi connectivity index (χ1v) is 22.0. The van der Waals surface area contributed by atoms with Gasteiger partial charge in [-0.05, 0) is 89.4 Å². The number of benzene rings is 4. The molecule has 4 bridgehead atoms. The number of ether oxygens (including phenoxy) is 5. The minimum Gasteiger partial charge on any atom is -0.532 e. The number of hydrogen-bond donors (Lipinski definition) is 1. The Morgan fingerprint density at radius 2 is 1.36 bits per heavy atom. The molecule has 2 aliphatic heterocycles. The van der Waals surface area contributed by atoms with Crippen molar-refractivity contribution in [1.29, 1.82) is 0 Å². The van der Waals surface area contributed by atoms with Crippen LogP contribution in [0, 0.1) is 23.6 Å². The molecule has 0 aromatic heterocycles. The third-order valence-electron chi connectivity index (χ3n) is 12.8. The summed E-state index contributed by atoms with van der Waals surface area (Å²) in [5, 5.41) is 13.9. The average molecular weight is 765 g/mol. The van der Waals surface area contributed by atoms with Crippen molar-refractivity contribution in [3.05, 3.63) is 126 Å². The van der Waals surface area contributed by atoms with Crippen molar-refractivity contribution >= 4 is 18.7 Å². The van der Waals surface area contributed by atoms with Gasteiger partial charge >= 0.3 is 8.32 Å². The fourth-order valence-electron chi connectivity index (χ4n) is 10.8. The van der Waals surface area contributed by atoms with Crippen LogP contribution in [0.15, 0.2) is 109 Å². The number of fused-ring (bicyclic) bond motifs is 1. The van der Waals surface area contributed by atoms with Crippen LogP contribution in [0.2, 0.25) is 5.04 Å². The maximum absolute atomic E-state index is 16.3. The second kappa shape index (κ2) is 14.8. The first-order chi connectivity index (χ1) is 26.6. The summed E-state index contributed by atoms with van der Waals surface area (Å²) in [6, 6.07) is 35.2. The lowest BCUT2D eigenvalue weighted by Gasteiger charge is -2.58. The number of hydrogen-bond acceptors (Lipinski definition) is 7. The van der Waals surface area contributed by atoms with Gasteiger partial charge in [0, 0.05) is 5.56 Å². The SMILES string of the molecule is CC(C)(C)[Si](Oc1ccc(CO[C@@H]2[C@H](O)[C@H](OC34CC5CC(CC(C5)C3)C4)O[C@@H]3COC(c4ccccc4)O[C@@H]23)cc1F)(c1ccccc1)c1ccccc1. The molecule has 6 atom stereocenters. The van der Waals surface area contributed by atoms with E-state index in [2.05, 4.69) is 45.0 Å². The molecule has 2 saturated heterocycles. The van der Waals surface area contributed by atoms with Crippen molar-refractivity contribution in [2.45, 2.75) is 114 Å². The Hall–Kier alpha value is -3.41. The smallest absolute Gasteiger partial charge is 0.320 e. The van der Waals surface area contributed by atoms with Gasteiger partial charge in [0.05, 0.1) is 18.8 Å². The molecular weight excluding hydrogens is 712 g/mol. The van der Waals surface area contributed by atoms with Crippen molar-refractivity contribution in [1.82, 2.24) is 0 Å². The molecule has 7 nitrogen and oxygen atoms in total. The predicted octanol–water partition coefficient (Wildman–Crippen LogP) is 7.84. The van der Waals surface area contributed by atoms with E-state index in [4.69, 9.17) is 28.1 Å². The summed E-state index contributed by atoms with van der Waals surface area (Å²) in [6.07, 6.45) is 2.30. The lowest BCUT2D eigenvalue weighted by atomic mass is 9.54. The highest BCUT2D eigenvalue weighted by molar-refractivity contribution is 7.00. The van der Waals surface area contributed by atoms with Gasteiger partial charge in [-0.25, -0.2) is 4.39 Å². The summed E-state index contributed by atoms with van der Waals surface area (Å²) in [6.45, 7) is 6.83. The van der Waals surface area contributed by atoms with Crippen LogP contribution in [0.4, 0.5) is 4.39 Å². The maximum Gasteiger partial charge on any atom is 0.320 e.